The fourth-order valence-electron chi connectivity index (χ4n) is 4.36. The van der Waals surface area contributed by atoms with Crippen molar-refractivity contribution in [2.24, 2.45) is 0 Å². The lowest BCUT2D eigenvalue weighted by molar-refractivity contribution is -0.152. The quantitative estimate of drug-likeness (QED) is 0.276. The number of halogens is 2. The Balaban J connectivity index is 1.19. The van der Waals surface area contributed by atoms with Crippen molar-refractivity contribution < 1.29 is 23.8 Å². The maximum atomic E-state index is 14.5. The second kappa shape index (κ2) is 9.59. The van der Waals surface area contributed by atoms with Crippen LogP contribution in [0.15, 0.2) is 43.2 Å². The Kier molecular flexibility index (Phi) is 6.17. The van der Waals surface area contributed by atoms with Crippen LogP contribution in [-0.2, 0) is 17.9 Å². The van der Waals surface area contributed by atoms with Crippen molar-refractivity contribution in [1.29, 1.82) is 0 Å². The summed E-state index contributed by atoms with van der Waals surface area (Å²) in [5, 5.41) is 20.2. The number of rotatable bonds is 9. The fourth-order valence-corrected chi connectivity index (χ4v) is 4.51. The van der Waals surface area contributed by atoms with Gasteiger partial charge in [-0.05, 0) is 50.3 Å². The minimum absolute atomic E-state index is 0.0370. The number of aromatic nitrogens is 7. The standard InChI is InChI=1S/C26H24ClFN8O4/c1-26(2,25(38)39)40-20-7-15(14-3-4-14)9-35-10-16(31-23(20)35)11-36-12-19(32-33-36)24(37)29-8-18-22-21(28)17(27)5-6-34(22)13-30-18/h5-7,9-10,12-14H,3-4,8,11H2,1-2H3,(H,29,37)(H,38,39). The lowest BCUT2D eigenvalue weighted by Crippen LogP contribution is -2.38. The summed E-state index contributed by atoms with van der Waals surface area (Å²) < 4.78 is 25.1. The Labute approximate surface area is 231 Å². The molecule has 0 bridgehead atoms. The van der Waals surface area contributed by atoms with Gasteiger partial charge < -0.3 is 24.0 Å². The van der Waals surface area contributed by atoms with Crippen molar-refractivity contribution >= 4 is 34.6 Å². The minimum atomic E-state index is -1.44. The highest BCUT2D eigenvalue weighted by Gasteiger charge is 2.32. The van der Waals surface area contributed by atoms with Gasteiger partial charge in [-0.15, -0.1) is 5.10 Å². The number of carboxylic acids is 1. The number of nitrogens with zero attached hydrogens (tertiary/aromatic N) is 7. The first-order valence-electron chi connectivity index (χ1n) is 12.5. The van der Waals surface area contributed by atoms with Crippen LogP contribution >= 0.6 is 11.6 Å². The molecule has 0 unspecified atom stereocenters. The molecule has 0 spiro atoms. The summed E-state index contributed by atoms with van der Waals surface area (Å²) >= 11 is 5.88. The summed E-state index contributed by atoms with van der Waals surface area (Å²) in [6.07, 6.45) is 10.4. The van der Waals surface area contributed by atoms with Gasteiger partial charge in [0.1, 0.15) is 5.52 Å². The molecule has 1 fully saturated rings. The number of hydrogen-bond acceptors (Lipinski definition) is 7. The van der Waals surface area contributed by atoms with E-state index in [2.05, 4.69) is 25.6 Å². The van der Waals surface area contributed by atoms with E-state index in [1.807, 2.05) is 22.9 Å². The van der Waals surface area contributed by atoms with Gasteiger partial charge in [-0.25, -0.2) is 23.8 Å². The number of carbonyl (C=O) groups excluding carboxylic acids is 1. The van der Waals surface area contributed by atoms with Crippen molar-refractivity contribution in [3.05, 3.63) is 76.7 Å². The second-order valence-electron chi connectivity index (χ2n) is 10.2. The molecule has 5 heterocycles. The van der Waals surface area contributed by atoms with E-state index in [0.717, 1.165) is 18.4 Å². The van der Waals surface area contributed by atoms with Crippen LogP contribution in [0.1, 0.15) is 60.0 Å². The highest BCUT2D eigenvalue weighted by molar-refractivity contribution is 6.31. The first kappa shape index (κ1) is 25.7. The molecule has 0 aromatic carbocycles. The van der Waals surface area contributed by atoms with Crippen molar-refractivity contribution in [3.8, 4) is 5.75 Å². The summed E-state index contributed by atoms with van der Waals surface area (Å²) in [5.74, 6) is -1.42. The van der Waals surface area contributed by atoms with Crippen molar-refractivity contribution in [3.63, 3.8) is 0 Å². The second-order valence-corrected chi connectivity index (χ2v) is 10.6. The maximum Gasteiger partial charge on any atom is 0.347 e. The van der Waals surface area contributed by atoms with Gasteiger partial charge in [-0.1, -0.05) is 16.8 Å². The molecule has 1 saturated carbocycles. The van der Waals surface area contributed by atoms with Gasteiger partial charge >= 0.3 is 5.97 Å². The third-order valence-corrected chi connectivity index (χ3v) is 6.99. The number of hydrogen-bond donors (Lipinski definition) is 2. The molecule has 5 aromatic heterocycles. The molecule has 0 atom stereocenters. The fraction of sp³-hybridized carbons (Fsp3) is 0.308. The number of ether oxygens (including phenoxy) is 1. The molecule has 1 aliphatic rings. The maximum absolute atomic E-state index is 14.5. The number of amides is 1. The van der Waals surface area contributed by atoms with Gasteiger partial charge in [0.05, 0.1) is 42.0 Å². The SMILES string of the molecule is CC(C)(Oc1cc(C2CC2)cn2cc(Cn3cc(C(=O)NCc4ncn5ccc(Cl)c(F)c45)nn3)nc12)C(=O)O. The Morgan fingerprint density at radius 1 is 1.25 bits per heavy atom. The smallest absolute Gasteiger partial charge is 0.347 e. The lowest BCUT2D eigenvalue weighted by Gasteiger charge is -2.22. The van der Waals surface area contributed by atoms with Crippen LogP contribution in [0.3, 0.4) is 0 Å². The summed E-state index contributed by atoms with van der Waals surface area (Å²) in [6, 6.07) is 3.28. The lowest BCUT2D eigenvalue weighted by atomic mass is 10.1. The van der Waals surface area contributed by atoms with E-state index in [1.165, 1.54) is 41.5 Å². The molecular weight excluding hydrogens is 543 g/mol. The number of pyridine rings is 2. The zero-order valence-corrected chi connectivity index (χ0v) is 22.3. The van der Waals surface area contributed by atoms with Gasteiger partial charge in [-0.3, -0.25) is 4.79 Å². The summed E-state index contributed by atoms with van der Waals surface area (Å²) in [6.45, 7) is 3.15. The summed E-state index contributed by atoms with van der Waals surface area (Å²) in [4.78, 5) is 33.2. The number of carboxylic acid groups (broad SMARTS) is 1. The molecule has 12 nitrogen and oxygen atoms in total. The van der Waals surface area contributed by atoms with Crippen molar-refractivity contribution in [2.75, 3.05) is 0 Å². The largest absolute Gasteiger partial charge is 0.478 e. The van der Waals surface area contributed by atoms with Crippen LogP contribution in [0.25, 0.3) is 11.2 Å². The molecule has 1 aliphatic carbocycles. The number of fused-ring (bicyclic) bond motifs is 2. The Hall–Kier alpha value is -4.52. The van der Waals surface area contributed by atoms with E-state index >= 15 is 0 Å². The zero-order chi connectivity index (χ0) is 28.2. The molecule has 206 valence electrons. The molecular formula is C26H24ClFN8O4. The highest BCUT2D eigenvalue weighted by Crippen LogP contribution is 2.42. The molecule has 1 amide bonds. The number of imidazole rings is 2. The Bertz CT molecular complexity index is 1790. The molecule has 5 aromatic rings. The topological polar surface area (TPSA) is 141 Å². The summed E-state index contributed by atoms with van der Waals surface area (Å²) in [7, 11) is 0. The minimum Gasteiger partial charge on any atom is -0.478 e. The van der Waals surface area contributed by atoms with Crippen molar-refractivity contribution in [1.82, 2.24) is 39.1 Å². The highest BCUT2D eigenvalue weighted by atomic mass is 35.5. The predicted octanol–water partition coefficient (Wildman–Crippen LogP) is 3.46. The molecule has 6 rings (SSSR count). The molecule has 2 N–H and O–H groups in total. The van der Waals surface area contributed by atoms with Crippen LogP contribution in [0.5, 0.6) is 5.75 Å². The van der Waals surface area contributed by atoms with Crippen LogP contribution < -0.4 is 10.1 Å². The average Bonchev–Trinajstić information content (AvgIpc) is 3.31. The molecule has 14 heteroatoms. The number of nitrogens with one attached hydrogen (secondary N) is 1. The van der Waals surface area contributed by atoms with E-state index < -0.39 is 23.3 Å². The first-order chi connectivity index (χ1) is 19.1. The van der Waals surface area contributed by atoms with Gasteiger partial charge in [0.2, 0.25) is 0 Å². The zero-order valence-electron chi connectivity index (χ0n) is 21.5. The Morgan fingerprint density at radius 3 is 2.80 bits per heavy atom. The first-order valence-corrected chi connectivity index (χ1v) is 12.9. The third-order valence-electron chi connectivity index (χ3n) is 6.70. The van der Waals surface area contributed by atoms with E-state index in [9.17, 15) is 19.1 Å². The average molecular weight is 567 g/mol. The van der Waals surface area contributed by atoms with E-state index in [0.29, 0.717) is 28.7 Å². The van der Waals surface area contributed by atoms with Gasteiger partial charge in [-0.2, -0.15) is 0 Å². The molecule has 40 heavy (non-hydrogen) atoms. The van der Waals surface area contributed by atoms with Gasteiger partial charge in [0.25, 0.3) is 5.91 Å². The van der Waals surface area contributed by atoms with Crippen molar-refractivity contribution in [2.45, 2.75) is 51.3 Å². The monoisotopic (exact) mass is 566 g/mol. The number of aliphatic carboxylic acids is 1. The van der Waals surface area contributed by atoms with Crippen LogP contribution in [0.4, 0.5) is 4.39 Å². The molecule has 0 aliphatic heterocycles. The summed E-state index contributed by atoms with van der Waals surface area (Å²) in [5.41, 5.74) is 1.27. The molecule has 0 saturated heterocycles. The predicted molar refractivity (Wildman–Crippen MR) is 140 cm³/mol. The molecule has 0 radical (unpaired) electrons. The van der Waals surface area contributed by atoms with Gasteiger partial charge in [0, 0.05) is 18.6 Å². The van der Waals surface area contributed by atoms with Crippen LogP contribution in [-0.4, -0.2) is 56.3 Å². The van der Waals surface area contributed by atoms with E-state index in [-0.39, 0.29) is 29.3 Å². The van der Waals surface area contributed by atoms with E-state index in [4.69, 9.17) is 16.3 Å². The normalized spacial score (nSPS) is 13.7. The Morgan fingerprint density at radius 2 is 2.05 bits per heavy atom. The third kappa shape index (κ3) is 4.83. The number of carbonyl (C=O) groups is 2. The van der Waals surface area contributed by atoms with Gasteiger partial charge in [0.15, 0.2) is 28.5 Å². The van der Waals surface area contributed by atoms with Crippen LogP contribution in [0.2, 0.25) is 5.02 Å². The van der Waals surface area contributed by atoms with E-state index in [1.54, 1.807) is 6.20 Å². The van der Waals surface area contributed by atoms with Crippen LogP contribution in [0, 0.1) is 5.82 Å².